The Morgan fingerprint density at radius 1 is 1.11 bits per heavy atom. The zero-order valence-electron chi connectivity index (χ0n) is 15.7. The van der Waals surface area contributed by atoms with Gasteiger partial charge in [-0.05, 0) is 30.7 Å². The van der Waals surface area contributed by atoms with Crippen LogP contribution in [0.15, 0.2) is 59.1 Å². The van der Waals surface area contributed by atoms with Crippen molar-refractivity contribution in [3.63, 3.8) is 0 Å². The maximum Gasteiger partial charge on any atom is 0.251 e. The first-order chi connectivity index (χ1) is 13.2. The summed E-state index contributed by atoms with van der Waals surface area (Å²) < 4.78 is 5.21. The van der Waals surface area contributed by atoms with Crippen LogP contribution >= 0.6 is 0 Å². The quantitative estimate of drug-likeness (QED) is 0.656. The van der Waals surface area contributed by atoms with Crippen LogP contribution in [-0.2, 0) is 6.54 Å². The first-order valence-corrected chi connectivity index (χ1v) is 9.14. The largest absolute Gasteiger partial charge is 0.375 e. The molecule has 0 aliphatic heterocycles. The summed E-state index contributed by atoms with van der Waals surface area (Å²) in [7, 11) is 2.06. The second-order valence-corrected chi connectivity index (χ2v) is 6.38. The van der Waals surface area contributed by atoms with Gasteiger partial charge < -0.3 is 14.7 Å². The third-order valence-corrected chi connectivity index (χ3v) is 4.32. The molecule has 140 valence electrons. The number of hydrogen-bond acceptors (Lipinski definition) is 5. The van der Waals surface area contributed by atoms with Gasteiger partial charge in [0.05, 0.1) is 6.54 Å². The predicted molar refractivity (Wildman–Crippen MR) is 106 cm³/mol. The van der Waals surface area contributed by atoms with Crippen molar-refractivity contribution in [3.8, 4) is 11.4 Å². The highest BCUT2D eigenvalue weighted by Crippen LogP contribution is 2.16. The number of rotatable bonds is 8. The van der Waals surface area contributed by atoms with Crippen LogP contribution in [0.25, 0.3) is 11.4 Å². The van der Waals surface area contributed by atoms with Crippen LogP contribution in [0.4, 0.5) is 5.69 Å². The third-order valence-electron chi connectivity index (χ3n) is 4.32. The highest BCUT2D eigenvalue weighted by Gasteiger charge is 2.11. The second-order valence-electron chi connectivity index (χ2n) is 6.38. The smallest absolute Gasteiger partial charge is 0.251 e. The number of benzene rings is 2. The molecule has 6 heteroatoms. The molecule has 0 bridgehead atoms. The maximum atomic E-state index is 12.3. The molecular weight excluding hydrogens is 340 g/mol. The molecule has 1 N–H and O–H groups in total. The Labute approximate surface area is 159 Å². The molecule has 1 aromatic heterocycles. The number of unbranched alkanes of at least 4 members (excludes halogenated alkanes) is 1. The van der Waals surface area contributed by atoms with Gasteiger partial charge in [-0.15, -0.1) is 0 Å². The van der Waals surface area contributed by atoms with Crippen molar-refractivity contribution in [1.82, 2.24) is 15.5 Å². The van der Waals surface area contributed by atoms with E-state index in [9.17, 15) is 4.79 Å². The second kappa shape index (κ2) is 8.98. The van der Waals surface area contributed by atoms with Gasteiger partial charge in [-0.2, -0.15) is 4.98 Å². The normalized spacial score (nSPS) is 10.6. The number of amides is 1. The van der Waals surface area contributed by atoms with Crippen LogP contribution in [-0.4, -0.2) is 29.6 Å². The summed E-state index contributed by atoms with van der Waals surface area (Å²) in [6.45, 7) is 3.37. The molecule has 2 aromatic carbocycles. The molecule has 0 atom stereocenters. The molecule has 0 saturated carbocycles. The van der Waals surface area contributed by atoms with E-state index in [0.29, 0.717) is 17.3 Å². The molecule has 0 saturated heterocycles. The minimum absolute atomic E-state index is 0.169. The number of carbonyl (C=O) groups is 1. The number of hydrogen-bond donors (Lipinski definition) is 1. The molecular formula is C21H24N4O2. The summed E-state index contributed by atoms with van der Waals surface area (Å²) in [5.41, 5.74) is 2.58. The summed E-state index contributed by atoms with van der Waals surface area (Å²) in [4.78, 5) is 18.8. The molecule has 0 aliphatic rings. The van der Waals surface area contributed by atoms with E-state index in [1.54, 1.807) is 0 Å². The van der Waals surface area contributed by atoms with Crippen molar-refractivity contribution >= 4 is 11.6 Å². The summed E-state index contributed by atoms with van der Waals surface area (Å²) in [5, 5.41) is 6.76. The van der Waals surface area contributed by atoms with E-state index in [4.69, 9.17) is 4.52 Å². The fraction of sp³-hybridized carbons (Fsp3) is 0.286. The molecule has 0 fully saturated rings. The summed E-state index contributed by atoms with van der Waals surface area (Å²) >= 11 is 0. The SMILES string of the molecule is CCCCN(C)c1ccc(C(=O)NCc2nc(-c3ccccc3)no2)cc1. The molecule has 0 spiro atoms. The lowest BCUT2D eigenvalue weighted by Gasteiger charge is -2.19. The fourth-order valence-electron chi connectivity index (χ4n) is 2.68. The Balaban J connectivity index is 1.56. The molecule has 3 rings (SSSR count). The van der Waals surface area contributed by atoms with Gasteiger partial charge in [-0.3, -0.25) is 4.79 Å². The monoisotopic (exact) mass is 364 g/mol. The van der Waals surface area contributed by atoms with E-state index >= 15 is 0 Å². The predicted octanol–water partition coefficient (Wildman–Crippen LogP) is 3.90. The van der Waals surface area contributed by atoms with Crippen molar-refractivity contribution in [3.05, 3.63) is 66.1 Å². The molecule has 0 aliphatic carbocycles. The van der Waals surface area contributed by atoms with Gasteiger partial charge in [0.25, 0.3) is 5.91 Å². The molecule has 0 unspecified atom stereocenters. The van der Waals surface area contributed by atoms with Crippen LogP contribution in [0, 0.1) is 0 Å². The van der Waals surface area contributed by atoms with Crippen LogP contribution in [0.2, 0.25) is 0 Å². The van der Waals surface area contributed by atoms with Gasteiger partial charge in [-0.1, -0.05) is 48.8 Å². The number of carbonyl (C=O) groups excluding carboxylic acids is 1. The summed E-state index contributed by atoms with van der Waals surface area (Å²) in [6.07, 6.45) is 2.31. The molecule has 1 heterocycles. The van der Waals surface area contributed by atoms with Crippen LogP contribution < -0.4 is 10.2 Å². The van der Waals surface area contributed by atoms with Gasteiger partial charge in [0.1, 0.15) is 0 Å². The first-order valence-electron chi connectivity index (χ1n) is 9.14. The Hall–Kier alpha value is -3.15. The Morgan fingerprint density at radius 2 is 1.85 bits per heavy atom. The van der Waals surface area contributed by atoms with E-state index in [1.807, 2.05) is 54.6 Å². The summed E-state index contributed by atoms with van der Waals surface area (Å²) in [6, 6.07) is 17.2. The minimum Gasteiger partial charge on any atom is -0.375 e. The Morgan fingerprint density at radius 3 is 2.56 bits per heavy atom. The van der Waals surface area contributed by atoms with Gasteiger partial charge in [0, 0.05) is 30.4 Å². The van der Waals surface area contributed by atoms with E-state index in [0.717, 1.165) is 30.6 Å². The average molecular weight is 364 g/mol. The highest BCUT2D eigenvalue weighted by molar-refractivity contribution is 5.94. The number of aromatic nitrogens is 2. The van der Waals surface area contributed by atoms with Gasteiger partial charge in [-0.25, -0.2) is 0 Å². The van der Waals surface area contributed by atoms with Crippen molar-refractivity contribution in [2.45, 2.75) is 26.3 Å². The lowest BCUT2D eigenvalue weighted by atomic mass is 10.2. The topological polar surface area (TPSA) is 71.3 Å². The summed E-state index contributed by atoms with van der Waals surface area (Å²) in [5.74, 6) is 0.717. The lowest BCUT2D eigenvalue weighted by Crippen LogP contribution is -2.23. The first kappa shape index (κ1) is 18.6. The average Bonchev–Trinajstić information content (AvgIpc) is 3.20. The van der Waals surface area contributed by atoms with Crippen molar-refractivity contribution < 1.29 is 9.32 Å². The van der Waals surface area contributed by atoms with Crippen LogP contribution in [0.5, 0.6) is 0 Å². The van der Waals surface area contributed by atoms with Crippen molar-refractivity contribution in [2.24, 2.45) is 0 Å². The molecule has 0 radical (unpaired) electrons. The third kappa shape index (κ3) is 4.94. The van der Waals surface area contributed by atoms with Crippen molar-refractivity contribution in [1.29, 1.82) is 0 Å². The fourth-order valence-corrected chi connectivity index (χ4v) is 2.68. The van der Waals surface area contributed by atoms with Gasteiger partial charge in [0.2, 0.25) is 11.7 Å². The van der Waals surface area contributed by atoms with Gasteiger partial charge in [0.15, 0.2) is 0 Å². The van der Waals surface area contributed by atoms with E-state index in [1.165, 1.54) is 0 Å². The van der Waals surface area contributed by atoms with Gasteiger partial charge >= 0.3 is 0 Å². The van der Waals surface area contributed by atoms with E-state index in [-0.39, 0.29) is 12.5 Å². The minimum atomic E-state index is -0.169. The highest BCUT2D eigenvalue weighted by atomic mass is 16.5. The number of nitrogens with one attached hydrogen (secondary N) is 1. The maximum absolute atomic E-state index is 12.3. The van der Waals surface area contributed by atoms with Crippen LogP contribution in [0.3, 0.4) is 0 Å². The molecule has 27 heavy (non-hydrogen) atoms. The molecule has 6 nitrogen and oxygen atoms in total. The molecule has 3 aromatic rings. The zero-order chi connectivity index (χ0) is 19.1. The Kier molecular flexibility index (Phi) is 6.20. The Bertz CT molecular complexity index is 859. The number of nitrogens with zero attached hydrogens (tertiary/aromatic N) is 3. The van der Waals surface area contributed by atoms with E-state index in [2.05, 4.69) is 34.3 Å². The zero-order valence-corrected chi connectivity index (χ0v) is 15.7. The van der Waals surface area contributed by atoms with Crippen LogP contribution in [0.1, 0.15) is 36.0 Å². The standard InChI is InChI=1S/C21H24N4O2/c1-3-4-14-25(2)18-12-10-17(11-13-18)21(26)22-15-19-23-20(24-27-19)16-8-6-5-7-9-16/h5-13H,3-4,14-15H2,1-2H3,(H,22,26). The van der Waals surface area contributed by atoms with Crippen molar-refractivity contribution in [2.75, 3.05) is 18.5 Å². The lowest BCUT2D eigenvalue weighted by molar-refractivity contribution is 0.0946. The number of anilines is 1. The molecule has 1 amide bonds. The van der Waals surface area contributed by atoms with E-state index < -0.39 is 0 Å².